The van der Waals surface area contributed by atoms with Crippen LogP contribution < -0.4 is 9.64 Å². The van der Waals surface area contributed by atoms with Gasteiger partial charge in [-0.05, 0) is 42.5 Å². The van der Waals surface area contributed by atoms with Gasteiger partial charge in [0.05, 0.1) is 30.8 Å². The molecule has 6 rings (SSSR count). The summed E-state index contributed by atoms with van der Waals surface area (Å²) in [5.41, 5.74) is 1.32. The fourth-order valence-electron chi connectivity index (χ4n) is 4.70. The molecular formula is C28H22F3N5O4. The molecule has 40 heavy (non-hydrogen) atoms. The lowest BCUT2D eigenvalue weighted by atomic mass is 10.1. The highest BCUT2D eigenvalue weighted by Gasteiger charge is 2.43. The van der Waals surface area contributed by atoms with E-state index in [1.165, 1.54) is 21.8 Å². The number of aryl methyl sites for hydroxylation is 1. The van der Waals surface area contributed by atoms with Crippen LogP contribution in [0, 0.1) is 6.92 Å². The van der Waals surface area contributed by atoms with Crippen LogP contribution in [0.1, 0.15) is 39.3 Å². The molecule has 0 fully saturated rings. The standard InChI is InChI=1S/C28H22F3N5O4/c1-16-33-22-9-8-18(12-23(22)39-16)35(2)27(37)17-5-3-6-19(11-17)36-25-21(26(34-36)28(29,30)31)14-38-15-24(25)40-20-7-4-10-32-13-20/h3-13,24H,14-15H2,1-2H3. The summed E-state index contributed by atoms with van der Waals surface area (Å²) >= 11 is 0. The number of rotatable bonds is 5. The first-order valence-corrected chi connectivity index (χ1v) is 12.3. The van der Waals surface area contributed by atoms with Crippen molar-refractivity contribution in [3.8, 4) is 11.4 Å². The Bertz CT molecular complexity index is 1710. The number of alkyl halides is 3. The van der Waals surface area contributed by atoms with E-state index in [1.54, 1.807) is 68.7 Å². The van der Waals surface area contributed by atoms with Crippen LogP contribution in [0.2, 0.25) is 0 Å². The summed E-state index contributed by atoms with van der Waals surface area (Å²) in [7, 11) is 1.60. The Morgan fingerprint density at radius 2 is 2.00 bits per heavy atom. The zero-order chi connectivity index (χ0) is 28.0. The van der Waals surface area contributed by atoms with Crippen LogP contribution in [0.5, 0.6) is 5.75 Å². The number of carbonyl (C=O) groups excluding carboxylic acids is 1. The number of ether oxygens (including phenoxy) is 2. The van der Waals surface area contributed by atoms with E-state index in [0.717, 1.165) is 0 Å². The first kappa shape index (κ1) is 25.6. The van der Waals surface area contributed by atoms with E-state index in [2.05, 4.69) is 15.1 Å². The second-order valence-corrected chi connectivity index (χ2v) is 9.23. The zero-order valence-electron chi connectivity index (χ0n) is 21.3. The number of fused-ring (bicyclic) bond motifs is 2. The molecule has 9 nitrogen and oxygen atoms in total. The molecule has 3 aromatic heterocycles. The molecule has 4 heterocycles. The van der Waals surface area contributed by atoms with Gasteiger partial charge in [-0.1, -0.05) is 6.07 Å². The van der Waals surface area contributed by atoms with E-state index in [0.29, 0.717) is 28.4 Å². The normalized spacial score (nSPS) is 15.2. The van der Waals surface area contributed by atoms with Crippen LogP contribution in [0.3, 0.4) is 0 Å². The van der Waals surface area contributed by atoms with Crippen LogP contribution in [0.15, 0.2) is 71.4 Å². The Labute approximate surface area is 225 Å². The average molecular weight is 550 g/mol. The molecule has 0 spiro atoms. The van der Waals surface area contributed by atoms with Crippen molar-refractivity contribution in [1.29, 1.82) is 0 Å². The lowest BCUT2D eigenvalue weighted by Crippen LogP contribution is -2.26. The summed E-state index contributed by atoms with van der Waals surface area (Å²) in [6.45, 7) is 1.47. The maximum Gasteiger partial charge on any atom is 0.435 e. The predicted octanol–water partition coefficient (Wildman–Crippen LogP) is 5.66. The van der Waals surface area contributed by atoms with Gasteiger partial charge in [0, 0.05) is 43.0 Å². The first-order valence-electron chi connectivity index (χ1n) is 12.3. The van der Waals surface area contributed by atoms with Crippen LogP contribution in [0.25, 0.3) is 16.8 Å². The van der Waals surface area contributed by atoms with E-state index in [1.807, 2.05) is 0 Å². The molecule has 1 aliphatic heterocycles. The molecule has 204 valence electrons. The Hall–Kier alpha value is -4.71. The monoisotopic (exact) mass is 549 g/mol. The number of halogens is 3. The molecule has 0 radical (unpaired) electrons. The van der Waals surface area contributed by atoms with Crippen molar-refractivity contribution in [2.45, 2.75) is 25.8 Å². The number of hydrogen-bond donors (Lipinski definition) is 0. The van der Waals surface area contributed by atoms with Crippen LogP contribution in [0.4, 0.5) is 18.9 Å². The van der Waals surface area contributed by atoms with E-state index >= 15 is 0 Å². The number of anilines is 1. The molecule has 1 aliphatic rings. The lowest BCUT2D eigenvalue weighted by Gasteiger charge is -2.26. The van der Waals surface area contributed by atoms with E-state index in [4.69, 9.17) is 13.9 Å². The lowest BCUT2D eigenvalue weighted by molar-refractivity contribution is -0.143. The SMILES string of the molecule is Cc1nc2ccc(N(C)C(=O)c3cccc(-n4nc(C(F)(F)F)c5c4C(Oc4cccnc4)COC5)c3)cc2o1. The van der Waals surface area contributed by atoms with Crippen molar-refractivity contribution in [3.63, 3.8) is 0 Å². The van der Waals surface area contributed by atoms with Gasteiger partial charge in [-0.25, -0.2) is 9.67 Å². The van der Waals surface area contributed by atoms with Gasteiger partial charge in [0.2, 0.25) is 0 Å². The largest absolute Gasteiger partial charge is 0.480 e. The van der Waals surface area contributed by atoms with Crippen molar-refractivity contribution < 1.29 is 31.9 Å². The average Bonchev–Trinajstić information content (AvgIpc) is 3.53. The summed E-state index contributed by atoms with van der Waals surface area (Å²) in [4.78, 5) is 23.1. The third kappa shape index (κ3) is 4.66. The third-order valence-corrected chi connectivity index (χ3v) is 6.53. The Balaban J connectivity index is 1.38. The summed E-state index contributed by atoms with van der Waals surface area (Å²) in [6, 6.07) is 14.8. The number of aromatic nitrogens is 4. The molecule has 1 unspecified atom stereocenters. The number of benzene rings is 2. The van der Waals surface area contributed by atoms with Gasteiger partial charge >= 0.3 is 6.18 Å². The molecule has 2 aromatic carbocycles. The highest BCUT2D eigenvalue weighted by atomic mass is 19.4. The smallest absolute Gasteiger partial charge is 0.435 e. The Kier molecular flexibility index (Phi) is 6.26. The second-order valence-electron chi connectivity index (χ2n) is 9.23. The molecule has 5 aromatic rings. The van der Waals surface area contributed by atoms with Crippen molar-refractivity contribution >= 4 is 22.7 Å². The minimum absolute atomic E-state index is 0.00975. The minimum Gasteiger partial charge on any atom is -0.480 e. The molecular weight excluding hydrogens is 527 g/mol. The second kappa shape index (κ2) is 9.79. The van der Waals surface area contributed by atoms with Crippen molar-refractivity contribution in [2.24, 2.45) is 0 Å². The van der Waals surface area contributed by atoms with Crippen molar-refractivity contribution in [3.05, 3.63) is 95.4 Å². The van der Waals surface area contributed by atoms with Crippen LogP contribution in [-0.4, -0.2) is 39.3 Å². The number of nitrogens with zero attached hydrogens (tertiary/aromatic N) is 5. The maximum absolute atomic E-state index is 14.0. The topological polar surface area (TPSA) is 95.5 Å². The van der Waals surface area contributed by atoms with Gasteiger partial charge in [0.25, 0.3) is 5.91 Å². The quantitative estimate of drug-likeness (QED) is 0.279. The molecule has 0 N–H and O–H groups in total. The molecule has 0 aliphatic carbocycles. The summed E-state index contributed by atoms with van der Waals surface area (Å²) in [6.07, 6.45) is -2.59. The van der Waals surface area contributed by atoms with E-state index < -0.39 is 18.0 Å². The first-order chi connectivity index (χ1) is 19.2. The maximum atomic E-state index is 14.0. The van der Waals surface area contributed by atoms with E-state index in [9.17, 15) is 18.0 Å². The van der Waals surface area contributed by atoms with Crippen molar-refractivity contribution in [1.82, 2.24) is 19.7 Å². The highest BCUT2D eigenvalue weighted by molar-refractivity contribution is 6.06. The fourth-order valence-corrected chi connectivity index (χ4v) is 4.70. The van der Waals surface area contributed by atoms with Gasteiger partial charge in [-0.3, -0.25) is 9.78 Å². The van der Waals surface area contributed by atoms with Crippen molar-refractivity contribution in [2.75, 3.05) is 18.6 Å². The highest BCUT2D eigenvalue weighted by Crippen LogP contribution is 2.39. The van der Waals surface area contributed by atoms with Gasteiger partial charge in [0.15, 0.2) is 23.3 Å². The van der Waals surface area contributed by atoms with Crippen LogP contribution in [-0.2, 0) is 17.5 Å². The Morgan fingerprint density at radius 1 is 1.15 bits per heavy atom. The number of oxazole rings is 1. The molecule has 0 saturated carbocycles. The van der Waals surface area contributed by atoms with Gasteiger partial charge in [0.1, 0.15) is 11.3 Å². The number of carbonyl (C=O) groups is 1. The zero-order valence-corrected chi connectivity index (χ0v) is 21.3. The fraction of sp³-hybridized carbons (Fsp3) is 0.214. The summed E-state index contributed by atoms with van der Waals surface area (Å²) < 4.78 is 60.3. The number of hydrogen-bond acceptors (Lipinski definition) is 7. The molecule has 1 amide bonds. The molecule has 1 atom stereocenters. The van der Waals surface area contributed by atoms with Gasteiger partial charge < -0.3 is 18.8 Å². The van der Waals surface area contributed by atoms with E-state index in [-0.39, 0.29) is 41.6 Å². The number of pyridine rings is 1. The third-order valence-electron chi connectivity index (χ3n) is 6.53. The Morgan fingerprint density at radius 3 is 2.77 bits per heavy atom. The van der Waals surface area contributed by atoms with Gasteiger partial charge in [-0.2, -0.15) is 18.3 Å². The minimum atomic E-state index is -4.72. The van der Waals surface area contributed by atoms with Crippen LogP contribution >= 0.6 is 0 Å². The van der Waals surface area contributed by atoms with Gasteiger partial charge in [-0.15, -0.1) is 0 Å². The summed E-state index contributed by atoms with van der Waals surface area (Å²) in [5.74, 6) is 0.501. The summed E-state index contributed by atoms with van der Waals surface area (Å²) in [5, 5.41) is 3.94. The molecule has 12 heteroatoms. The number of amides is 1. The molecule has 0 bridgehead atoms. The molecule has 0 saturated heterocycles. The predicted molar refractivity (Wildman–Crippen MR) is 137 cm³/mol.